The monoisotopic (exact) mass is 208 g/mol. The third-order valence-electron chi connectivity index (χ3n) is 2.54. The smallest absolute Gasteiger partial charge is 0.178 e. The molecule has 0 aliphatic heterocycles. The van der Waals surface area contributed by atoms with Crippen molar-refractivity contribution in [2.24, 2.45) is 5.92 Å². The zero-order valence-electron chi connectivity index (χ0n) is 10.1. The summed E-state index contributed by atoms with van der Waals surface area (Å²) in [6.45, 7) is 8.76. The first-order valence-electron chi connectivity index (χ1n) is 5.61. The van der Waals surface area contributed by atoms with Gasteiger partial charge >= 0.3 is 0 Å². The maximum absolute atomic E-state index is 11.5. The van der Waals surface area contributed by atoms with Gasteiger partial charge in [0.05, 0.1) is 6.20 Å². The summed E-state index contributed by atoms with van der Waals surface area (Å²) in [5.41, 5.74) is 1.89. The highest BCUT2D eigenvalue weighted by molar-refractivity contribution is 5.93. The molecule has 0 saturated carbocycles. The van der Waals surface area contributed by atoms with E-state index in [4.69, 9.17) is 0 Å². The van der Waals surface area contributed by atoms with Crippen LogP contribution in [-0.4, -0.2) is 15.6 Å². The molecule has 1 heterocycles. The Kier molecular flexibility index (Phi) is 4.06. The number of hydrogen-bond donors (Lipinski definition) is 0. The van der Waals surface area contributed by atoms with Gasteiger partial charge in [-0.2, -0.15) is 5.10 Å². The van der Waals surface area contributed by atoms with Crippen molar-refractivity contribution in [2.75, 3.05) is 0 Å². The van der Waals surface area contributed by atoms with Crippen molar-refractivity contribution < 1.29 is 4.79 Å². The number of hydrogen-bond acceptors (Lipinski definition) is 2. The van der Waals surface area contributed by atoms with Gasteiger partial charge in [-0.15, -0.1) is 0 Å². The van der Waals surface area contributed by atoms with Gasteiger partial charge in [-0.25, -0.2) is 0 Å². The molecule has 15 heavy (non-hydrogen) atoms. The number of rotatable bonds is 5. The van der Waals surface area contributed by atoms with Crippen molar-refractivity contribution >= 4 is 5.78 Å². The number of carbonyl (C=O) groups excluding carboxylic acids is 1. The van der Waals surface area contributed by atoms with E-state index in [0.717, 1.165) is 30.6 Å². The molecule has 0 fully saturated rings. The molecule has 0 aliphatic rings. The van der Waals surface area contributed by atoms with Gasteiger partial charge in [-0.3, -0.25) is 9.48 Å². The van der Waals surface area contributed by atoms with Crippen LogP contribution in [-0.2, 0) is 13.0 Å². The van der Waals surface area contributed by atoms with Crippen LogP contribution in [0, 0.1) is 5.92 Å². The van der Waals surface area contributed by atoms with E-state index in [-0.39, 0.29) is 5.78 Å². The summed E-state index contributed by atoms with van der Waals surface area (Å²) < 4.78 is 1.79. The number of Topliss-reactive ketones (excluding diaryl/α,β-unsaturated/α-hetero) is 1. The van der Waals surface area contributed by atoms with Crippen molar-refractivity contribution in [3.63, 3.8) is 0 Å². The standard InChI is InChI=1S/C12H20N2O/c1-5-14-12(10(4)15)11(8-13-14)7-6-9(2)3/h8-9H,5-7H2,1-4H3. The Morgan fingerprint density at radius 2 is 2.20 bits per heavy atom. The van der Waals surface area contributed by atoms with Crippen molar-refractivity contribution in [2.45, 2.75) is 47.1 Å². The Balaban J connectivity index is 2.87. The Bertz CT molecular complexity index is 339. The quantitative estimate of drug-likeness (QED) is 0.697. The predicted octanol–water partition coefficient (Wildman–Crippen LogP) is 2.69. The molecule has 1 aromatic rings. The highest BCUT2D eigenvalue weighted by atomic mass is 16.1. The number of ketones is 1. The molecule has 84 valence electrons. The van der Waals surface area contributed by atoms with Gasteiger partial charge in [0.2, 0.25) is 0 Å². The van der Waals surface area contributed by atoms with Gasteiger partial charge < -0.3 is 0 Å². The number of aromatic nitrogens is 2. The molecule has 0 N–H and O–H groups in total. The molecular weight excluding hydrogens is 188 g/mol. The van der Waals surface area contributed by atoms with Crippen LogP contribution in [0.15, 0.2) is 6.20 Å². The fourth-order valence-electron chi connectivity index (χ4n) is 1.70. The summed E-state index contributed by atoms with van der Waals surface area (Å²) in [5, 5.41) is 4.23. The molecular formula is C12H20N2O. The zero-order chi connectivity index (χ0) is 11.4. The Morgan fingerprint density at radius 3 is 2.67 bits per heavy atom. The van der Waals surface area contributed by atoms with Crippen LogP contribution in [0.1, 0.15) is 50.2 Å². The topological polar surface area (TPSA) is 34.9 Å². The molecule has 0 amide bonds. The highest BCUT2D eigenvalue weighted by Crippen LogP contribution is 2.14. The van der Waals surface area contributed by atoms with Crippen LogP contribution in [0.4, 0.5) is 0 Å². The van der Waals surface area contributed by atoms with E-state index in [1.165, 1.54) is 0 Å². The zero-order valence-corrected chi connectivity index (χ0v) is 10.1. The summed E-state index contributed by atoms with van der Waals surface area (Å²) >= 11 is 0. The average Bonchev–Trinajstić information content (AvgIpc) is 2.57. The summed E-state index contributed by atoms with van der Waals surface area (Å²) in [7, 11) is 0. The maximum atomic E-state index is 11.5. The fourth-order valence-corrected chi connectivity index (χ4v) is 1.70. The average molecular weight is 208 g/mol. The maximum Gasteiger partial charge on any atom is 0.178 e. The van der Waals surface area contributed by atoms with Gasteiger partial charge in [0, 0.05) is 19.0 Å². The lowest BCUT2D eigenvalue weighted by Gasteiger charge is -2.06. The third kappa shape index (κ3) is 2.91. The molecule has 3 heteroatoms. The number of carbonyl (C=O) groups is 1. The van der Waals surface area contributed by atoms with Crippen LogP contribution >= 0.6 is 0 Å². The van der Waals surface area contributed by atoms with Gasteiger partial charge in [0.25, 0.3) is 0 Å². The largest absolute Gasteiger partial charge is 0.293 e. The summed E-state index contributed by atoms with van der Waals surface area (Å²) in [6.07, 6.45) is 3.89. The second kappa shape index (κ2) is 5.10. The van der Waals surface area contributed by atoms with E-state index < -0.39 is 0 Å². The molecule has 1 aromatic heterocycles. The van der Waals surface area contributed by atoms with E-state index in [0.29, 0.717) is 5.92 Å². The minimum Gasteiger partial charge on any atom is -0.293 e. The van der Waals surface area contributed by atoms with E-state index in [9.17, 15) is 4.79 Å². The second-order valence-corrected chi connectivity index (χ2v) is 4.32. The normalized spacial score (nSPS) is 11.0. The Labute approximate surface area is 91.5 Å². The van der Waals surface area contributed by atoms with E-state index in [2.05, 4.69) is 18.9 Å². The van der Waals surface area contributed by atoms with E-state index in [1.54, 1.807) is 11.6 Å². The third-order valence-corrected chi connectivity index (χ3v) is 2.54. The second-order valence-electron chi connectivity index (χ2n) is 4.32. The lowest BCUT2D eigenvalue weighted by atomic mass is 10.0. The summed E-state index contributed by atoms with van der Waals surface area (Å²) in [6, 6.07) is 0. The van der Waals surface area contributed by atoms with Gasteiger partial charge in [-0.1, -0.05) is 13.8 Å². The molecule has 0 unspecified atom stereocenters. The highest BCUT2D eigenvalue weighted by Gasteiger charge is 2.13. The van der Waals surface area contributed by atoms with Crippen LogP contribution in [0.3, 0.4) is 0 Å². The molecule has 0 bridgehead atoms. The first-order chi connectivity index (χ1) is 7.06. The molecule has 0 saturated heterocycles. The van der Waals surface area contributed by atoms with Crippen LogP contribution in [0.25, 0.3) is 0 Å². The Hall–Kier alpha value is -1.12. The van der Waals surface area contributed by atoms with Crippen molar-refractivity contribution in [3.05, 3.63) is 17.5 Å². The fraction of sp³-hybridized carbons (Fsp3) is 0.667. The van der Waals surface area contributed by atoms with Gasteiger partial charge in [0.15, 0.2) is 5.78 Å². The van der Waals surface area contributed by atoms with Crippen molar-refractivity contribution in [1.29, 1.82) is 0 Å². The molecule has 0 radical (unpaired) electrons. The van der Waals surface area contributed by atoms with Crippen LogP contribution in [0.2, 0.25) is 0 Å². The number of aryl methyl sites for hydroxylation is 2. The number of nitrogens with zero attached hydrogens (tertiary/aromatic N) is 2. The molecule has 0 atom stereocenters. The molecule has 0 aromatic carbocycles. The molecule has 3 nitrogen and oxygen atoms in total. The SMILES string of the molecule is CCn1ncc(CCC(C)C)c1C(C)=O. The summed E-state index contributed by atoms with van der Waals surface area (Å²) in [5.74, 6) is 0.780. The minimum atomic E-state index is 0.119. The first kappa shape index (κ1) is 12.0. The Morgan fingerprint density at radius 1 is 1.53 bits per heavy atom. The molecule has 0 aliphatic carbocycles. The lowest BCUT2D eigenvalue weighted by molar-refractivity contribution is 0.100. The van der Waals surface area contributed by atoms with Crippen molar-refractivity contribution in [1.82, 2.24) is 9.78 Å². The predicted molar refractivity (Wildman–Crippen MR) is 61.1 cm³/mol. The summed E-state index contributed by atoms with van der Waals surface area (Å²) in [4.78, 5) is 11.5. The van der Waals surface area contributed by atoms with Crippen LogP contribution < -0.4 is 0 Å². The lowest BCUT2D eigenvalue weighted by Crippen LogP contribution is -2.09. The first-order valence-corrected chi connectivity index (χ1v) is 5.61. The van der Waals surface area contributed by atoms with E-state index in [1.807, 2.05) is 13.1 Å². The van der Waals surface area contributed by atoms with Gasteiger partial charge in [0.1, 0.15) is 5.69 Å². The van der Waals surface area contributed by atoms with Crippen molar-refractivity contribution in [3.8, 4) is 0 Å². The minimum absolute atomic E-state index is 0.119. The van der Waals surface area contributed by atoms with Crippen LogP contribution in [0.5, 0.6) is 0 Å². The molecule has 0 spiro atoms. The van der Waals surface area contributed by atoms with Gasteiger partial charge in [-0.05, 0) is 25.7 Å². The molecule has 1 rings (SSSR count). The van der Waals surface area contributed by atoms with E-state index >= 15 is 0 Å².